The minimum Gasteiger partial charge on any atom is -0.421 e. The molecule has 0 aromatic heterocycles. The predicted octanol–water partition coefficient (Wildman–Crippen LogP) is 2.61. The van der Waals surface area contributed by atoms with Gasteiger partial charge in [0, 0.05) is 6.08 Å². The van der Waals surface area contributed by atoms with Crippen molar-refractivity contribution in [3.05, 3.63) is 16.8 Å². The number of nitrogens with zero attached hydrogens (tertiary/aromatic N) is 2. The fourth-order valence-corrected chi connectivity index (χ4v) is 3.13. The van der Waals surface area contributed by atoms with Crippen LogP contribution in [0.1, 0.15) is 20.8 Å². The molecule has 0 aromatic carbocycles. The van der Waals surface area contributed by atoms with Gasteiger partial charge in [0.25, 0.3) is 0 Å². The summed E-state index contributed by atoms with van der Waals surface area (Å²) in [6, 6.07) is 0. The van der Waals surface area contributed by atoms with Crippen molar-refractivity contribution in [2.24, 2.45) is 0 Å². The van der Waals surface area contributed by atoms with Gasteiger partial charge in [-0.15, -0.1) is 0 Å². The number of hydrogen-bond donors (Lipinski definition) is 0. The molecule has 28 heavy (non-hydrogen) atoms. The lowest BCUT2D eigenvalue weighted by Crippen LogP contribution is -2.49. The Kier molecular flexibility index (Phi) is 10.7. The van der Waals surface area contributed by atoms with E-state index in [2.05, 4.69) is 27.4 Å². The first-order valence-electron chi connectivity index (χ1n) is 7.35. The molecule has 8 nitrogen and oxygen atoms in total. The van der Waals surface area contributed by atoms with Crippen LogP contribution in [0.4, 0.5) is 26.3 Å². The van der Waals surface area contributed by atoms with Gasteiger partial charge in [0.15, 0.2) is 20.0 Å². The van der Waals surface area contributed by atoms with Gasteiger partial charge in [-0.1, -0.05) is 6.58 Å². The van der Waals surface area contributed by atoms with E-state index >= 15 is 0 Å². The normalized spacial score (nSPS) is 13.3. The molecule has 0 atom stereocenters. The van der Waals surface area contributed by atoms with Gasteiger partial charge < -0.3 is 8.86 Å². The van der Waals surface area contributed by atoms with Crippen molar-refractivity contribution in [2.75, 3.05) is 26.4 Å². The van der Waals surface area contributed by atoms with Gasteiger partial charge in [0.2, 0.25) is 6.73 Å². The fraction of sp³-hybridized carbons (Fsp3) is 0.750. The first-order valence-corrected chi connectivity index (χ1v) is 10.2. The number of carbonyl (C=O) groups excluding carboxylic acids is 1. The zero-order valence-corrected chi connectivity index (χ0v) is 16.7. The summed E-state index contributed by atoms with van der Waals surface area (Å²) in [6.07, 6.45) is 1.20. The Bertz CT molecular complexity index is 676. The number of sulfonamides is 2. The Balaban J connectivity index is 0. The van der Waals surface area contributed by atoms with E-state index in [0.29, 0.717) is 6.73 Å². The molecule has 0 N–H and O–H groups in total. The maximum atomic E-state index is 11.4. The van der Waals surface area contributed by atoms with E-state index in [1.54, 1.807) is 0 Å². The third kappa shape index (κ3) is 8.74. The third-order valence-corrected chi connectivity index (χ3v) is 6.18. The first-order chi connectivity index (χ1) is 12.3. The van der Waals surface area contributed by atoms with Crippen molar-refractivity contribution in [3.8, 4) is 0 Å². The zero-order valence-electron chi connectivity index (χ0n) is 15.0. The number of ether oxygens (including phenoxy) is 1. The topological polar surface area (TPSA) is 109 Å². The Hall–Kier alpha value is -1.39. The molecule has 0 aliphatic carbocycles. The van der Waals surface area contributed by atoms with E-state index in [-0.39, 0.29) is 5.97 Å². The second-order valence-electron chi connectivity index (χ2n) is 5.00. The van der Waals surface area contributed by atoms with Crippen LogP contribution in [0.3, 0.4) is 0 Å². The van der Waals surface area contributed by atoms with Gasteiger partial charge in [0.1, 0.15) is 0 Å². The average molecular weight is 466 g/mol. The lowest BCUT2D eigenvalue weighted by atomic mass is 10.4. The van der Waals surface area contributed by atoms with Crippen molar-refractivity contribution in [1.82, 2.24) is 0 Å². The van der Waals surface area contributed by atoms with Gasteiger partial charge in [-0.2, -0.15) is 26.3 Å². The molecule has 0 bridgehead atoms. The standard InChI is InChI=1S/C10H20NO2.C2F6NO4S2/c1-5-10(12)13-9-11(6-2,7-3)8-4;3-1(4,5)14(10,11)9-15(12,13)2(6,7)8/h5H,1,6-9H2,2-4H3;/q+1;-1. The number of hydrogen-bond acceptors (Lipinski definition) is 6. The molecule has 0 saturated heterocycles. The van der Waals surface area contributed by atoms with Crippen molar-refractivity contribution in [1.29, 1.82) is 0 Å². The smallest absolute Gasteiger partial charge is 0.421 e. The minimum atomic E-state index is -6.72. The highest BCUT2D eigenvalue weighted by Crippen LogP contribution is 2.36. The van der Waals surface area contributed by atoms with Gasteiger partial charge in [-0.05, 0) is 20.8 Å². The Morgan fingerprint density at radius 2 is 1.25 bits per heavy atom. The Morgan fingerprint density at radius 3 is 1.46 bits per heavy atom. The molecular weight excluding hydrogens is 446 g/mol. The largest absolute Gasteiger partial charge is 0.480 e. The van der Waals surface area contributed by atoms with E-state index in [9.17, 15) is 48.0 Å². The SMILES string of the molecule is C=CC(=O)OC[N+](CC)(CC)CC.O=S(=O)([N-]S(=O)(=O)C(F)(F)F)C(F)(F)F. The van der Waals surface area contributed by atoms with Gasteiger partial charge in [-0.3, -0.25) is 4.48 Å². The summed E-state index contributed by atoms with van der Waals surface area (Å²) in [5.41, 5.74) is -12.4. The van der Waals surface area contributed by atoms with Crippen LogP contribution in [0, 0.1) is 0 Å². The summed E-state index contributed by atoms with van der Waals surface area (Å²) < 4.78 is 115. The van der Waals surface area contributed by atoms with Gasteiger partial charge >= 0.3 is 17.0 Å². The molecule has 16 heteroatoms. The average Bonchev–Trinajstić information content (AvgIpc) is 2.54. The van der Waals surface area contributed by atoms with Crippen LogP contribution >= 0.6 is 0 Å². The molecule has 0 amide bonds. The maximum Gasteiger partial charge on any atom is 0.480 e. The van der Waals surface area contributed by atoms with Gasteiger partial charge in [0.05, 0.1) is 19.6 Å². The van der Waals surface area contributed by atoms with E-state index < -0.39 is 31.1 Å². The predicted molar refractivity (Wildman–Crippen MR) is 86.3 cm³/mol. The lowest BCUT2D eigenvalue weighted by molar-refractivity contribution is -0.938. The number of alkyl halides is 6. The van der Waals surface area contributed by atoms with Crippen LogP contribution < -0.4 is 0 Å². The zero-order chi connectivity index (χ0) is 23.0. The summed E-state index contributed by atoms with van der Waals surface area (Å²) in [5.74, 6) is -0.335. The van der Waals surface area contributed by atoms with E-state index in [1.807, 2.05) is 0 Å². The van der Waals surface area contributed by atoms with Crippen LogP contribution in [0.15, 0.2) is 12.7 Å². The van der Waals surface area contributed by atoms with Crippen molar-refractivity contribution >= 4 is 26.0 Å². The molecule has 0 heterocycles. The number of rotatable bonds is 8. The molecule has 0 aliphatic rings. The maximum absolute atomic E-state index is 11.4. The highest BCUT2D eigenvalue weighted by molar-refractivity contribution is 8.13. The van der Waals surface area contributed by atoms with Crippen LogP contribution in [0.25, 0.3) is 4.13 Å². The van der Waals surface area contributed by atoms with Crippen LogP contribution in [0.2, 0.25) is 0 Å². The molecule has 0 fully saturated rings. The first kappa shape index (κ1) is 28.8. The van der Waals surface area contributed by atoms with Crippen LogP contribution in [0.5, 0.6) is 0 Å². The summed E-state index contributed by atoms with van der Waals surface area (Å²) in [5, 5.41) is 0. The molecule has 0 radical (unpaired) electrons. The molecular formula is C12H20F6N2O6S2. The lowest BCUT2D eigenvalue weighted by Gasteiger charge is -2.34. The number of carbonyl (C=O) groups is 1. The fourth-order valence-electron chi connectivity index (χ4n) is 1.42. The van der Waals surface area contributed by atoms with Crippen LogP contribution in [-0.2, 0) is 29.6 Å². The number of halogens is 6. The van der Waals surface area contributed by atoms with E-state index in [4.69, 9.17) is 4.74 Å². The van der Waals surface area contributed by atoms with Crippen LogP contribution in [-0.4, -0.2) is 64.7 Å². The summed E-state index contributed by atoms with van der Waals surface area (Å²) in [6.45, 7) is 13.1. The number of esters is 1. The minimum absolute atomic E-state index is 0.335. The van der Waals surface area contributed by atoms with Crippen molar-refractivity contribution in [2.45, 2.75) is 31.8 Å². The summed E-state index contributed by atoms with van der Waals surface area (Å²) >= 11 is 0. The Morgan fingerprint density at radius 1 is 0.929 bits per heavy atom. The molecule has 0 unspecified atom stereocenters. The highest BCUT2D eigenvalue weighted by Gasteiger charge is 2.46. The van der Waals surface area contributed by atoms with E-state index in [0.717, 1.165) is 28.2 Å². The molecule has 0 rings (SSSR count). The molecule has 0 saturated carbocycles. The second kappa shape index (κ2) is 10.4. The molecule has 0 aliphatic heterocycles. The summed E-state index contributed by atoms with van der Waals surface area (Å²) in [7, 11) is -13.4. The molecule has 0 aromatic rings. The number of quaternary nitrogens is 1. The van der Waals surface area contributed by atoms with Crippen molar-refractivity contribution < 1.29 is 57.2 Å². The Labute approximate surface area is 158 Å². The van der Waals surface area contributed by atoms with Crippen molar-refractivity contribution in [3.63, 3.8) is 0 Å². The monoisotopic (exact) mass is 466 g/mol. The summed E-state index contributed by atoms with van der Waals surface area (Å²) in [4.78, 5) is 10.9. The quantitative estimate of drug-likeness (QED) is 0.179. The third-order valence-electron chi connectivity index (χ3n) is 3.44. The molecule has 168 valence electrons. The van der Waals surface area contributed by atoms with E-state index in [1.165, 1.54) is 6.08 Å². The second-order valence-corrected chi connectivity index (χ2v) is 8.43. The molecule has 0 spiro atoms. The van der Waals surface area contributed by atoms with Gasteiger partial charge in [-0.25, -0.2) is 21.6 Å². The highest BCUT2D eigenvalue weighted by atomic mass is 32.3.